The number of amides is 2. The van der Waals surface area contributed by atoms with Crippen LogP contribution in [0.1, 0.15) is 53.0 Å². The molecule has 2 N–H and O–H groups in total. The van der Waals surface area contributed by atoms with Gasteiger partial charge < -0.3 is 15.2 Å². The third kappa shape index (κ3) is 3.07. The van der Waals surface area contributed by atoms with Crippen LogP contribution in [-0.2, 0) is 4.79 Å². The van der Waals surface area contributed by atoms with Crippen LogP contribution in [0.25, 0.3) is 10.9 Å². The minimum absolute atomic E-state index is 0.00595. The number of carbonyl (C=O) groups is 2. The zero-order valence-corrected chi connectivity index (χ0v) is 16.3. The van der Waals surface area contributed by atoms with Gasteiger partial charge in [0.05, 0.1) is 6.04 Å². The Morgan fingerprint density at radius 2 is 1.89 bits per heavy atom. The monoisotopic (exact) mass is 375 g/mol. The molecule has 4 rings (SSSR count). The smallest absolute Gasteiger partial charge is 0.255 e. The van der Waals surface area contributed by atoms with Gasteiger partial charge in [-0.15, -0.1) is 0 Å². The van der Waals surface area contributed by atoms with Crippen molar-refractivity contribution in [3.63, 3.8) is 0 Å². The van der Waals surface area contributed by atoms with Gasteiger partial charge in [0.2, 0.25) is 5.91 Å². The predicted octanol–water partition coefficient (Wildman–Crippen LogP) is 3.94. The van der Waals surface area contributed by atoms with E-state index in [2.05, 4.69) is 22.4 Å². The number of hydrogen-bond acceptors (Lipinski definition) is 2. The van der Waals surface area contributed by atoms with Crippen molar-refractivity contribution in [2.24, 2.45) is 0 Å². The second kappa shape index (κ2) is 7.50. The molecule has 2 heterocycles. The largest absolute Gasteiger partial charge is 0.358 e. The number of nitrogens with zero attached hydrogens (tertiary/aromatic N) is 1. The van der Waals surface area contributed by atoms with Crippen molar-refractivity contribution in [3.05, 3.63) is 70.9 Å². The lowest BCUT2D eigenvalue weighted by atomic mass is 9.95. The summed E-state index contributed by atoms with van der Waals surface area (Å²) in [6.45, 7) is 5.13. The zero-order valence-electron chi connectivity index (χ0n) is 16.3. The number of para-hydroxylation sites is 1. The number of aromatic amines is 1. The first-order valence-electron chi connectivity index (χ1n) is 9.85. The molecule has 5 nitrogen and oxygen atoms in total. The van der Waals surface area contributed by atoms with Crippen molar-refractivity contribution in [2.45, 2.75) is 32.7 Å². The Morgan fingerprint density at radius 3 is 2.71 bits per heavy atom. The molecular weight excluding hydrogens is 350 g/mol. The highest BCUT2D eigenvalue weighted by molar-refractivity contribution is 6.01. The average Bonchev–Trinajstić information content (AvgIpc) is 3.18. The lowest BCUT2D eigenvalue weighted by molar-refractivity contribution is -0.121. The molecule has 0 bridgehead atoms. The molecule has 1 aliphatic rings. The Bertz CT molecular complexity index is 1040. The zero-order chi connectivity index (χ0) is 19.7. The van der Waals surface area contributed by atoms with E-state index in [0.717, 1.165) is 39.7 Å². The second-order valence-electron chi connectivity index (χ2n) is 7.30. The van der Waals surface area contributed by atoms with Gasteiger partial charge in [-0.3, -0.25) is 9.59 Å². The van der Waals surface area contributed by atoms with Crippen LogP contribution in [0.2, 0.25) is 0 Å². The van der Waals surface area contributed by atoms with Crippen LogP contribution in [0.15, 0.2) is 48.5 Å². The number of aryl methyl sites for hydroxylation is 1. The van der Waals surface area contributed by atoms with Crippen LogP contribution in [0.5, 0.6) is 0 Å². The molecule has 0 spiro atoms. The van der Waals surface area contributed by atoms with Gasteiger partial charge in [-0.1, -0.05) is 43.3 Å². The highest BCUT2D eigenvalue weighted by Gasteiger charge is 2.39. The number of aromatic nitrogens is 1. The first-order chi connectivity index (χ1) is 13.6. The number of H-pyrrole nitrogens is 1. The molecule has 3 aromatic rings. The number of rotatable bonds is 6. The summed E-state index contributed by atoms with van der Waals surface area (Å²) < 4.78 is 0. The lowest BCUT2D eigenvalue weighted by Gasteiger charge is -2.26. The van der Waals surface area contributed by atoms with E-state index in [4.69, 9.17) is 0 Å². The Labute approximate surface area is 164 Å². The van der Waals surface area contributed by atoms with Gasteiger partial charge in [0.25, 0.3) is 5.91 Å². The maximum Gasteiger partial charge on any atom is 0.255 e. The predicted molar refractivity (Wildman–Crippen MR) is 110 cm³/mol. The summed E-state index contributed by atoms with van der Waals surface area (Å²) >= 11 is 0. The molecule has 0 fully saturated rings. The SMILES string of the molecule is CCCNC(=O)CCN1C(=O)c2ccccc2[C@H]1c1c(C)[nH]c2ccccc12. The summed E-state index contributed by atoms with van der Waals surface area (Å²) in [5.74, 6) is -0.0198. The van der Waals surface area contributed by atoms with Gasteiger partial charge in [0.15, 0.2) is 0 Å². The first kappa shape index (κ1) is 18.3. The van der Waals surface area contributed by atoms with E-state index in [1.807, 2.05) is 55.1 Å². The molecule has 144 valence electrons. The molecule has 5 heteroatoms. The van der Waals surface area contributed by atoms with E-state index >= 15 is 0 Å². The van der Waals surface area contributed by atoms with Crippen LogP contribution in [-0.4, -0.2) is 34.8 Å². The van der Waals surface area contributed by atoms with Gasteiger partial charge in [0.1, 0.15) is 0 Å². The quantitative estimate of drug-likeness (QED) is 0.685. The highest BCUT2D eigenvalue weighted by Crippen LogP contribution is 2.42. The summed E-state index contributed by atoms with van der Waals surface area (Å²) in [6.07, 6.45) is 1.20. The Kier molecular flexibility index (Phi) is 4.90. The van der Waals surface area contributed by atoms with E-state index in [9.17, 15) is 9.59 Å². The number of benzene rings is 2. The molecule has 0 saturated heterocycles. The molecule has 0 saturated carbocycles. The lowest BCUT2D eigenvalue weighted by Crippen LogP contribution is -2.34. The molecule has 0 radical (unpaired) electrons. The topological polar surface area (TPSA) is 65.2 Å². The normalized spacial score (nSPS) is 15.9. The fourth-order valence-corrected chi connectivity index (χ4v) is 4.14. The summed E-state index contributed by atoms with van der Waals surface area (Å²) in [5, 5.41) is 4.02. The average molecular weight is 375 g/mol. The van der Waals surface area contributed by atoms with Crippen LogP contribution in [0, 0.1) is 6.92 Å². The van der Waals surface area contributed by atoms with Crippen molar-refractivity contribution in [1.82, 2.24) is 15.2 Å². The fraction of sp³-hybridized carbons (Fsp3) is 0.304. The number of hydrogen-bond donors (Lipinski definition) is 2. The van der Waals surface area contributed by atoms with Gasteiger partial charge in [0, 0.05) is 47.2 Å². The molecule has 2 aromatic carbocycles. The minimum Gasteiger partial charge on any atom is -0.358 e. The maximum absolute atomic E-state index is 13.2. The Morgan fingerprint density at radius 1 is 1.14 bits per heavy atom. The van der Waals surface area contributed by atoms with Crippen molar-refractivity contribution in [1.29, 1.82) is 0 Å². The summed E-state index contributed by atoms with van der Waals surface area (Å²) in [4.78, 5) is 30.6. The molecule has 1 aliphatic heterocycles. The van der Waals surface area contributed by atoms with Gasteiger partial charge in [-0.25, -0.2) is 0 Å². The molecule has 0 unspecified atom stereocenters. The summed E-state index contributed by atoms with van der Waals surface area (Å²) in [5.41, 5.74) is 4.96. The molecule has 28 heavy (non-hydrogen) atoms. The fourth-order valence-electron chi connectivity index (χ4n) is 4.14. The Balaban J connectivity index is 1.74. The first-order valence-corrected chi connectivity index (χ1v) is 9.85. The Hall–Kier alpha value is -3.08. The van der Waals surface area contributed by atoms with Crippen LogP contribution in [0.4, 0.5) is 0 Å². The second-order valence-corrected chi connectivity index (χ2v) is 7.30. The van der Waals surface area contributed by atoms with E-state index in [1.54, 1.807) is 0 Å². The maximum atomic E-state index is 13.2. The summed E-state index contributed by atoms with van der Waals surface area (Å²) in [6, 6.07) is 15.8. The van der Waals surface area contributed by atoms with Crippen LogP contribution < -0.4 is 5.32 Å². The molecule has 2 amide bonds. The highest BCUT2D eigenvalue weighted by atomic mass is 16.2. The summed E-state index contributed by atoms with van der Waals surface area (Å²) in [7, 11) is 0. The number of carbonyl (C=O) groups excluding carboxylic acids is 2. The third-order valence-corrected chi connectivity index (χ3v) is 5.43. The third-order valence-electron chi connectivity index (χ3n) is 5.43. The van der Waals surface area contributed by atoms with Gasteiger partial charge >= 0.3 is 0 Å². The van der Waals surface area contributed by atoms with Gasteiger partial charge in [-0.2, -0.15) is 0 Å². The molecule has 0 aliphatic carbocycles. The molecule has 1 atom stereocenters. The van der Waals surface area contributed by atoms with E-state index in [-0.39, 0.29) is 17.9 Å². The minimum atomic E-state index is -0.182. The molecular formula is C23H25N3O2. The number of nitrogens with one attached hydrogen (secondary N) is 2. The van der Waals surface area contributed by atoms with Gasteiger partial charge in [-0.05, 0) is 31.0 Å². The van der Waals surface area contributed by atoms with Crippen molar-refractivity contribution >= 4 is 22.7 Å². The molecule has 1 aromatic heterocycles. The standard InChI is InChI=1S/C23H25N3O2/c1-3-13-24-20(27)12-14-26-22(16-8-4-5-9-17(16)23(26)28)21-15(2)25-19-11-7-6-10-18(19)21/h4-11,22,25H,3,12-14H2,1-2H3,(H,24,27)/t22-/m0/s1. The van der Waals surface area contributed by atoms with E-state index in [1.165, 1.54) is 0 Å². The van der Waals surface area contributed by atoms with Crippen LogP contribution >= 0.6 is 0 Å². The van der Waals surface area contributed by atoms with Crippen molar-refractivity contribution in [3.8, 4) is 0 Å². The van der Waals surface area contributed by atoms with Crippen molar-refractivity contribution < 1.29 is 9.59 Å². The number of fused-ring (bicyclic) bond motifs is 2. The van der Waals surface area contributed by atoms with Crippen molar-refractivity contribution in [2.75, 3.05) is 13.1 Å². The van der Waals surface area contributed by atoms with E-state index in [0.29, 0.717) is 19.5 Å². The van der Waals surface area contributed by atoms with Crippen LogP contribution in [0.3, 0.4) is 0 Å². The van der Waals surface area contributed by atoms with E-state index < -0.39 is 0 Å².